The first-order valence-corrected chi connectivity index (χ1v) is 6.49. The molecular formula is C13H17ClN2. The number of rotatable bonds is 3. The predicted molar refractivity (Wildman–Crippen MR) is 65.2 cm³/mol. The van der Waals surface area contributed by atoms with Crippen LogP contribution in [0.5, 0.6) is 0 Å². The van der Waals surface area contributed by atoms with Crippen LogP contribution in [0.15, 0.2) is 18.5 Å². The summed E-state index contributed by atoms with van der Waals surface area (Å²) in [4.78, 5) is 4.00. The Morgan fingerprint density at radius 2 is 2.19 bits per heavy atom. The van der Waals surface area contributed by atoms with E-state index in [0.29, 0.717) is 0 Å². The molecule has 3 rings (SSSR count). The third kappa shape index (κ3) is 1.74. The van der Waals surface area contributed by atoms with Crippen molar-refractivity contribution in [2.24, 2.45) is 23.5 Å². The standard InChI is InChI=1S/C13H17ClN2/c14-11-7-16-5-4-8(11)6-12(15)13-9-2-1-3-10(9)13/h4-5,7,9-10,12-13H,1-3,6,15H2. The molecule has 0 saturated heterocycles. The summed E-state index contributed by atoms with van der Waals surface area (Å²) in [6.45, 7) is 0. The molecule has 0 aliphatic heterocycles. The van der Waals surface area contributed by atoms with E-state index in [1.54, 1.807) is 12.4 Å². The molecule has 2 N–H and O–H groups in total. The molecule has 3 heteroatoms. The highest BCUT2D eigenvalue weighted by atomic mass is 35.5. The van der Waals surface area contributed by atoms with Gasteiger partial charge in [-0.1, -0.05) is 18.0 Å². The summed E-state index contributed by atoms with van der Waals surface area (Å²) in [5, 5.41) is 0.753. The van der Waals surface area contributed by atoms with Gasteiger partial charge in [-0.05, 0) is 48.6 Å². The molecule has 3 atom stereocenters. The summed E-state index contributed by atoms with van der Waals surface area (Å²) < 4.78 is 0. The van der Waals surface area contributed by atoms with E-state index in [1.807, 2.05) is 6.07 Å². The summed E-state index contributed by atoms with van der Waals surface area (Å²) in [5.41, 5.74) is 7.44. The van der Waals surface area contributed by atoms with E-state index in [2.05, 4.69) is 4.98 Å². The smallest absolute Gasteiger partial charge is 0.0621 e. The number of fused-ring (bicyclic) bond motifs is 1. The Bertz CT molecular complexity index is 383. The Morgan fingerprint density at radius 1 is 1.44 bits per heavy atom. The minimum atomic E-state index is 0.287. The van der Waals surface area contributed by atoms with E-state index in [1.165, 1.54) is 19.3 Å². The van der Waals surface area contributed by atoms with Crippen molar-refractivity contribution in [1.82, 2.24) is 4.98 Å². The van der Waals surface area contributed by atoms with E-state index >= 15 is 0 Å². The number of hydrogen-bond acceptors (Lipinski definition) is 2. The van der Waals surface area contributed by atoms with Gasteiger partial charge in [-0.15, -0.1) is 0 Å². The molecule has 3 unspecified atom stereocenters. The molecule has 86 valence electrons. The fourth-order valence-corrected chi connectivity index (χ4v) is 3.67. The van der Waals surface area contributed by atoms with Gasteiger partial charge < -0.3 is 5.73 Å². The molecule has 0 bridgehead atoms. The van der Waals surface area contributed by atoms with E-state index in [-0.39, 0.29) is 6.04 Å². The summed E-state index contributed by atoms with van der Waals surface area (Å²) >= 11 is 6.10. The van der Waals surface area contributed by atoms with Gasteiger partial charge in [0.25, 0.3) is 0 Å². The molecule has 0 radical (unpaired) electrons. The van der Waals surface area contributed by atoms with Crippen molar-refractivity contribution in [2.45, 2.75) is 31.7 Å². The van der Waals surface area contributed by atoms with Crippen molar-refractivity contribution in [2.75, 3.05) is 0 Å². The highest BCUT2D eigenvalue weighted by Crippen LogP contribution is 2.58. The van der Waals surface area contributed by atoms with Crippen LogP contribution in [0.25, 0.3) is 0 Å². The second-order valence-electron chi connectivity index (χ2n) is 5.17. The minimum absolute atomic E-state index is 0.287. The number of nitrogens with two attached hydrogens (primary N) is 1. The lowest BCUT2D eigenvalue weighted by molar-refractivity contribution is 0.484. The highest BCUT2D eigenvalue weighted by Gasteiger charge is 2.54. The molecule has 2 fully saturated rings. The first-order chi connectivity index (χ1) is 7.77. The number of pyridine rings is 1. The van der Waals surface area contributed by atoms with Gasteiger partial charge in [0.2, 0.25) is 0 Å². The van der Waals surface area contributed by atoms with Crippen LogP contribution >= 0.6 is 11.6 Å². The topological polar surface area (TPSA) is 38.9 Å². The Hall–Kier alpha value is -0.600. The fraction of sp³-hybridized carbons (Fsp3) is 0.615. The van der Waals surface area contributed by atoms with Crippen LogP contribution in [0.4, 0.5) is 0 Å². The SMILES string of the molecule is NC(Cc1ccncc1Cl)C1C2CCCC21. The zero-order valence-corrected chi connectivity index (χ0v) is 10.0. The fourth-order valence-electron chi connectivity index (χ4n) is 3.47. The molecule has 16 heavy (non-hydrogen) atoms. The van der Waals surface area contributed by atoms with Gasteiger partial charge in [-0.25, -0.2) is 0 Å². The van der Waals surface area contributed by atoms with Gasteiger partial charge in [0.1, 0.15) is 0 Å². The van der Waals surface area contributed by atoms with Crippen molar-refractivity contribution in [3.05, 3.63) is 29.0 Å². The lowest BCUT2D eigenvalue weighted by Gasteiger charge is -2.14. The average molecular weight is 237 g/mol. The minimum Gasteiger partial charge on any atom is -0.327 e. The largest absolute Gasteiger partial charge is 0.327 e. The predicted octanol–water partition coefficient (Wildman–Crippen LogP) is 2.65. The van der Waals surface area contributed by atoms with Crippen LogP contribution < -0.4 is 5.73 Å². The van der Waals surface area contributed by atoms with Crippen molar-refractivity contribution in [3.63, 3.8) is 0 Å². The van der Waals surface area contributed by atoms with Crippen molar-refractivity contribution in [3.8, 4) is 0 Å². The van der Waals surface area contributed by atoms with Crippen LogP contribution in [0.1, 0.15) is 24.8 Å². The molecule has 0 amide bonds. The van der Waals surface area contributed by atoms with Gasteiger partial charge in [0.05, 0.1) is 5.02 Å². The first kappa shape index (κ1) is 10.5. The monoisotopic (exact) mass is 236 g/mol. The maximum Gasteiger partial charge on any atom is 0.0621 e. The Balaban J connectivity index is 1.65. The van der Waals surface area contributed by atoms with Crippen molar-refractivity contribution >= 4 is 11.6 Å². The maximum atomic E-state index is 6.29. The van der Waals surface area contributed by atoms with Crippen molar-refractivity contribution in [1.29, 1.82) is 0 Å². The molecular weight excluding hydrogens is 220 g/mol. The van der Waals surface area contributed by atoms with Crippen LogP contribution in [0, 0.1) is 17.8 Å². The van der Waals surface area contributed by atoms with E-state index in [4.69, 9.17) is 17.3 Å². The summed E-state index contributed by atoms with van der Waals surface area (Å²) in [6, 6.07) is 2.27. The van der Waals surface area contributed by atoms with Crippen LogP contribution in [0.3, 0.4) is 0 Å². The van der Waals surface area contributed by atoms with Gasteiger partial charge in [-0.3, -0.25) is 4.98 Å². The molecule has 0 aromatic carbocycles. The van der Waals surface area contributed by atoms with Crippen molar-refractivity contribution < 1.29 is 0 Å². The second-order valence-corrected chi connectivity index (χ2v) is 5.58. The third-order valence-corrected chi connectivity index (χ3v) is 4.62. The molecule has 1 aromatic rings. The summed E-state index contributed by atoms with van der Waals surface area (Å²) in [5.74, 6) is 2.62. The van der Waals surface area contributed by atoms with Gasteiger partial charge in [0, 0.05) is 18.4 Å². The van der Waals surface area contributed by atoms with E-state index < -0.39 is 0 Å². The Labute approximate surface area is 101 Å². The first-order valence-electron chi connectivity index (χ1n) is 6.11. The number of aromatic nitrogens is 1. The lowest BCUT2D eigenvalue weighted by atomic mass is 9.98. The Morgan fingerprint density at radius 3 is 2.88 bits per heavy atom. The molecule has 1 aromatic heterocycles. The molecule has 2 saturated carbocycles. The van der Waals surface area contributed by atoms with Gasteiger partial charge in [-0.2, -0.15) is 0 Å². The second kappa shape index (κ2) is 4.01. The summed E-state index contributed by atoms with van der Waals surface area (Å²) in [7, 11) is 0. The normalized spacial score (nSPS) is 33.5. The highest BCUT2D eigenvalue weighted by molar-refractivity contribution is 6.31. The zero-order chi connectivity index (χ0) is 11.1. The summed E-state index contributed by atoms with van der Waals surface area (Å²) in [6.07, 6.45) is 8.60. The number of nitrogens with zero attached hydrogens (tertiary/aromatic N) is 1. The number of hydrogen-bond donors (Lipinski definition) is 1. The quantitative estimate of drug-likeness (QED) is 0.877. The number of halogens is 1. The van der Waals surface area contributed by atoms with E-state index in [0.717, 1.165) is 34.8 Å². The van der Waals surface area contributed by atoms with Crippen LogP contribution in [0.2, 0.25) is 5.02 Å². The molecule has 2 nitrogen and oxygen atoms in total. The van der Waals surface area contributed by atoms with Gasteiger partial charge in [0.15, 0.2) is 0 Å². The maximum absolute atomic E-state index is 6.29. The van der Waals surface area contributed by atoms with Crippen LogP contribution in [-0.2, 0) is 6.42 Å². The Kier molecular flexibility index (Phi) is 2.64. The van der Waals surface area contributed by atoms with E-state index in [9.17, 15) is 0 Å². The van der Waals surface area contributed by atoms with Crippen LogP contribution in [-0.4, -0.2) is 11.0 Å². The average Bonchev–Trinajstić information content (AvgIpc) is 2.76. The molecule has 2 aliphatic rings. The third-order valence-electron chi connectivity index (χ3n) is 4.28. The molecule has 0 spiro atoms. The zero-order valence-electron chi connectivity index (χ0n) is 9.27. The molecule has 1 heterocycles. The molecule has 2 aliphatic carbocycles. The van der Waals surface area contributed by atoms with Gasteiger partial charge >= 0.3 is 0 Å². The lowest BCUT2D eigenvalue weighted by Crippen LogP contribution is -2.27.